The summed E-state index contributed by atoms with van der Waals surface area (Å²) < 4.78 is 13.5. The van der Waals surface area contributed by atoms with Gasteiger partial charge < -0.3 is 10.2 Å². The lowest BCUT2D eigenvalue weighted by molar-refractivity contribution is 0.213. The number of carbonyl (C=O) groups excluding carboxylic acids is 1. The van der Waals surface area contributed by atoms with E-state index in [-0.39, 0.29) is 11.7 Å². The van der Waals surface area contributed by atoms with Crippen LogP contribution in [0.25, 0.3) is 0 Å². The number of urea groups is 1. The number of rotatable bonds is 1. The van der Waals surface area contributed by atoms with Crippen LogP contribution in [-0.4, -0.2) is 24.0 Å². The standard InChI is InChI=1S/C13H16ClFN2O/c14-10-5-6-11(15)12(9-10)16-13(18)17-7-3-1-2-4-8-17/h5-6,9H,1-4,7-8H2,(H,16,18). The second-order valence-electron chi connectivity index (χ2n) is 4.46. The smallest absolute Gasteiger partial charge is 0.321 e. The second kappa shape index (κ2) is 6.05. The van der Waals surface area contributed by atoms with Crippen molar-refractivity contribution >= 4 is 23.3 Å². The minimum atomic E-state index is -0.470. The maximum atomic E-state index is 13.5. The molecule has 1 N–H and O–H groups in total. The quantitative estimate of drug-likeness (QED) is 0.825. The van der Waals surface area contributed by atoms with Gasteiger partial charge in [-0.1, -0.05) is 24.4 Å². The number of anilines is 1. The van der Waals surface area contributed by atoms with Gasteiger partial charge in [0.05, 0.1) is 5.69 Å². The zero-order valence-corrected chi connectivity index (χ0v) is 10.8. The maximum absolute atomic E-state index is 13.5. The summed E-state index contributed by atoms with van der Waals surface area (Å²) in [5, 5.41) is 2.98. The van der Waals surface area contributed by atoms with E-state index in [9.17, 15) is 9.18 Å². The molecule has 0 saturated carbocycles. The lowest BCUT2D eigenvalue weighted by Crippen LogP contribution is -2.35. The molecule has 1 heterocycles. The largest absolute Gasteiger partial charge is 0.325 e. The van der Waals surface area contributed by atoms with E-state index in [0.717, 1.165) is 38.8 Å². The highest BCUT2D eigenvalue weighted by molar-refractivity contribution is 6.30. The van der Waals surface area contributed by atoms with Crippen LogP contribution in [0.4, 0.5) is 14.9 Å². The Balaban J connectivity index is 2.03. The van der Waals surface area contributed by atoms with Crippen molar-refractivity contribution in [3.8, 4) is 0 Å². The molecule has 0 unspecified atom stereocenters. The molecular formula is C13H16ClFN2O. The highest BCUT2D eigenvalue weighted by atomic mass is 35.5. The minimum Gasteiger partial charge on any atom is -0.325 e. The molecule has 0 spiro atoms. The van der Waals surface area contributed by atoms with Crippen LogP contribution in [0, 0.1) is 5.82 Å². The SMILES string of the molecule is O=C(Nc1cc(Cl)ccc1F)N1CCCCCC1. The van der Waals surface area contributed by atoms with Crippen molar-refractivity contribution in [3.63, 3.8) is 0 Å². The van der Waals surface area contributed by atoms with Crippen molar-refractivity contribution in [2.24, 2.45) is 0 Å². The average Bonchev–Trinajstić information content (AvgIpc) is 2.62. The van der Waals surface area contributed by atoms with Gasteiger partial charge in [0.15, 0.2) is 0 Å². The molecule has 1 aliphatic rings. The van der Waals surface area contributed by atoms with Crippen molar-refractivity contribution in [2.45, 2.75) is 25.7 Å². The zero-order chi connectivity index (χ0) is 13.0. The second-order valence-corrected chi connectivity index (χ2v) is 4.89. The first-order valence-electron chi connectivity index (χ1n) is 6.18. The first kappa shape index (κ1) is 13.1. The van der Waals surface area contributed by atoms with Crippen molar-refractivity contribution in [2.75, 3.05) is 18.4 Å². The Kier molecular flexibility index (Phi) is 4.42. The number of halogens is 2. The molecule has 1 aliphatic heterocycles. The van der Waals surface area contributed by atoms with Gasteiger partial charge in [-0.05, 0) is 31.0 Å². The molecule has 2 rings (SSSR count). The van der Waals surface area contributed by atoms with Crippen LogP contribution in [-0.2, 0) is 0 Å². The van der Waals surface area contributed by atoms with Crippen molar-refractivity contribution in [1.82, 2.24) is 4.90 Å². The van der Waals surface area contributed by atoms with Gasteiger partial charge in [0.25, 0.3) is 0 Å². The number of hydrogen-bond donors (Lipinski definition) is 1. The van der Waals surface area contributed by atoms with Gasteiger partial charge in [0.1, 0.15) is 5.82 Å². The number of carbonyl (C=O) groups is 1. The van der Waals surface area contributed by atoms with Gasteiger partial charge in [-0.2, -0.15) is 0 Å². The van der Waals surface area contributed by atoms with E-state index in [1.165, 1.54) is 18.2 Å². The van der Waals surface area contributed by atoms with Crippen LogP contribution in [0.1, 0.15) is 25.7 Å². The van der Waals surface area contributed by atoms with Gasteiger partial charge in [-0.15, -0.1) is 0 Å². The van der Waals surface area contributed by atoms with E-state index < -0.39 is 5.82 Å². The number of amides is 2. The fourth-order valence-corrected chi connectivity index (χ4v) is 2.23. The van der Waals surface area contributed by atoms with E-state index in [4.69, 9.17) is 11.6 Å². The molecule has 0 aliphatic carbocycles. The molecule has 0 bridgehead atoms. The molecule has 1 fully saturated rings. The summed E-state index contributed by atoms with van der Waals surface area (Å²) in [6.45, 7) is 1.46. The number of likely N-dealkylation sites (tertiary alicyclic amines) is 1. The monoisotopic (exact) mass is 270 g/mol. The van der Waals surface area contributed by atoms with E-state index in [2.05, 4.69) is 5.32 Å². The zero-order valence-electron chi connectivity index (χ0n) is 10.1. The molecule has 0 aromatic heterocycles. The van der Waals surface area contributed by atoms with Crippen LogP contribution in [0.3, 0.4) is 0 Å². The van der Waals surface area contributed by atoms with E-state index in [0.29, 0.717) is 5.02 Å². The highest BCUT2D eigenvalue weighted by Crippen LogP contribution is 2.20. The van der Waals surface area contributed by atoms with Gasteiger partial charge >= 0.3 is 6.03 Å². The minimum absolute atomic E-state index is 0.136. The van der Waals surface area contributed by atoms with Crippen LogP contribution in [0.15, 0.2) is 18.2 Å². The predicted octanol–water partition coefficient (Wildman–Crippen LogP) is 3.89. The summed E-state index contributed by atoms with van der Waals surface area (Å²) >= 11 is 5.78. The summed E-state index contributed by atoms with van der Waals surface area (Å²) in [7, 11) is 0. The third-order valence-corrected chi connectivity index (χ3v) is 3.30. The van der Waals surface area contributed by atoms with Gasteiger partial charge in [0.2, 0.25) is 0 Å². The molecule has 1 aromatic carbocycles. The van der Waals surface area contributed by atoms with Gasteiger partial charge in [-0.25, -0.2) is 9.18 Å². The van der Waals surface area contributed by atoms with Crippen LogP contribution in [0.5, 0.6) is 0 Å². The molecule has 3 nitrogen and oxygen atoms in total. The molecule has 5 heteroatoms. The summed E-state index contributed by atoms with van der Waals surface area (Å²) in [6.07, 6.45) is 4.31. The van der Waals surface area contributed by atoms with Crippen LogP contribution in [0.2, 0.25) is 5.02 Å². The van der Waals surface area contributed by atoms with Gasteiger partial charge in [0, 0.05) is 18.1 Å². The third kappa shape index (κ3) is 3.35. The third-order valence-electron chi connectivity index (χ3n) is 3.06. The predicted molar refractivity (Wildman–Crippen MR) is 70.5 cm³/mol. The lowest BCUT2D eigenvalue weighted by atomic mass is 10.2. The van der Waals surface area contributed by atoms with Crippen molar-refractivity contribution in [1.29, 1.82) is 0 Å². The Bertz CT molecular complexity index is 431. The molecule has 1 saturated heterocycles. The first-order chi connectivity index (χ1) is 8.66. The first-order valence-corrected chi connectivity index (χ1v) is 6.55. The average molecular weight is 271 g/mol. The fourth-order valence-electron chi connectivity index (χ4n) is 2.06. The highest BCUT2D eigenvalue weighted by Gasteiger charge is 2.16. The van der Waals surface area contributed by atoms with E-state index >= 15 is 0 Å². The Hall–Kier alpha value is -1.29. The number of nitrogens with zero attached hydrogens (tertiary/aromatic N) is 1. The summed E-state index contributed by atoms with van der Waals surface area (Å²) in [5.41, 5.74) is 0.136. The van der Waals surface area contributed by atoms with Crippen molar-refractivity contribution in [3.05, 3.63) is 29.0 Å². The van der Waals surface area contributed by atoms with Crippen molar-refractivity contribution < 1.29 is 9.18 Å². The van der Waals surface area contributed by atoms with Crippen LogP contribution < -0.4 is 5.32 Å². The Morgan fingerprint density at radius 2 is 1.89 bits per heavy atom. The van der Waals surface area contributed by atoms with Gasteiger partial charge in [-0.3, -0.25) is 0 Å². The van der Waals surface area contributed by atoms with Crippen LogP contribution >= 0.6 is 11.6 Å². The van der Waals surface area contributed by atoms with E-state index in [1.807, 2.05) is 0 Å². The Morgan fingerprint density at radius 1 is 1.22 bits per heavy atom. The molecule has 2 amide bonds. The molecule has 98 valence electrons. The summed E-state index contributed by atoms with van der Waals surface area (Å²) in [4.78, 5) is 13.7. The topological polar surface area (TPSA) is 32.3 Å². The normalized spacial score (nSPS) is 16.2. The van der Waals surface area contributed by atoms with E-state index in [1.54, 1.807) is 4.90 Å². The summed E-state index contributed by atoms with van der Waals surface area (Å²) in [6, 6.07) is 3.88. The molecule has 0 radical (unpaired) electrons. The lowest BCUT2D eigenvalue weighted by Gasteiger charge is -2.21. The maximum Gasteiger partial charge on any atom is 0.321 e. The Morgan fingerprint density at radius 3 is 2.56 bits per heavy atom. The summed E-state index contributed by atoms with van der Waals surface area (Å²) in [5.74, 6) is -0.470. The molecule has 0 atom stereocenters. The molecule has 18 heavy (non-hydrogen) atoms. The molecule has 1 aromatic rings. The Labute approximate surface area is 111 Å². The number of benzene rings is 1. The number of nitrogens with one attached hydrogen (secondary N) is 1. The fraction of sp³-hybridized carbons (Fsp3) is 0.462. The molecular weight excluding hydrogens is 255 g/mol. The number of hydrogen-bond acceptors (Lipinski definition) is 1.